The van der Waals surface area contributed by atoms with Gasteiger partial charge in [-0.1, -0.05) is 42.1 Å². The highest BCUT2D eigenvalue weighted by Crippen LogP contribution is 2.24. The lowest BCUT2D eigenvalue weighted by atomic mass is 10.1. The molecule has 5 nitrogen and oxygen atoms in total. The fourth-order valence-corrected chi connectivity index (χ4v) is 3.87. The minimum Gasteiger partial charge on any atom is -0.493 e. The molecule has 6 heteroatoms. The summed E-state index contributed by atoms with van der Waals surface area (Å²) in [6.45, 7) is 0.585. The number of aromatic amines is 1. The molecule has 1 unspecified atom stereocenters. The Kier molecular flexibility index (Phi) is 4.67. The summed E-state index contributed by atoms with van der Waals surface area (Å²) in [5.74, 6) is 0.586. The number of thioether (sulfide) groups is 1. The second-order valence-corrected chi connectivity index (χ2v) is 7.39. The summed E-state index contributed by atoms with van der Waals surface area (Å²) in [6, 6.07) is 18.0. The average Bonchev–Trinajstić information content (AvgIpc) is 3.18. The van der Waals surface area contributed by atoms with Crippen LogP contribution in [0.25, 0.3) is 10.9 Å². The minimum atomic E-state index is -0.337. The second kappa shape index (κ2) is 7.25. The van der Waals surface area contributed by atoms with Crippen molar-refractivity contribution in [1.82, 2.24) is 10.3 Å². The normalized spacial score (nSPS) is 16.8. The predicted octanol–water partition coefficient (Wildman–Crippen LogP) is 3.68. The Morgan fingerprint density at radius 1 is 1.04 bits per heavy atom. The largest absolute Gasteiger partial charge is 0.493 e. The summed E-state index contributed by atoms with van der Waals surface area (Å²) in [6.07, 6.45) is 1.34. The summed E-state index contributed by atoms with van der Waals surface area (Å²) in [5.41, 5.74) is 3.30. The molecule has 1 aromatic heterocycles. The van der Waals surface area contributed by atoms with E-state index in [1.165, 1.54) is 5.39 Å². The van der Waals surface area contributed by atoms with Crippen LogP contribution in [0.2, 0.25) is 0 Å². The van der Waals surface area contributed by atoms with E-state index in [-0.39, 0.29) is 16.4 Å². The van der Waals surface area contributed by atoms with Crippen LogP contribution in [0.1, 0.15) is 11.3 Å². The van der Waals surface area contributed by atoms with Gasteiger partial charge in [0.2, 0.25) is 5.91 Å². The smallest absolute Gasteiger partial charge is 0.286 e. The van der Waals surface area contributed by atoms with Crippen LogP contribution < -0.4 is 10.1 Å². The molecule has 2 amide bonds. The molecule has 3 aromatic rings. The highest BCUT2D eigenvalue weighted by Gasteiger charge is 2.31. The van der Waals surface area contributed by atoms with Crippen LogP contribution in [0.3, 0.4) is 0 Å². The molecule has 0 spiro atoms. The van der Waals surface area contributed by atoms with Crippen molar-refractivity contribution in [2.75, 3.05) is 6.61 Å². The number of hydrogen-bond acceptors (Lipinski definition) is 4. The third-order valence-electron chi connectivity index (χ3n) is 4.34. The zero-order chi connectivity index (χ0) is 17.9. The van der Waals surface area contributed by atoms with Gasteiger partial charge in [-0.05, 0) is 41.6 Å². The molecule has 1 atom stereocenters. The van der Waals surface area contributed by atoms with E-state index in [0.717, 1.165) is 40.7 Å². The van der Waals surface area contributed by atoms with Gasteiger partial charge in [-0.2, -0.15) is 0 Å². The number of hydrogen-bond donors (Lipinski definition) is 2. The number of ether oxygens (including phenoxy) is 1. The number of imide groups is 1. The number of carbonyl (C=O) groups excluding carboxylic acids is 2. The van der Waals surface area contributed by atoms with Crippen molar-refractivity contribution < 1.29 is 14.3 Å². The Morgan fingerprint density at radius 3 is 2.58 bits per heavy atom. The van der Waals surface area contributed by atoms with Crippen LogP contribution in [0.5, 0.6) is 5.75 Å². The van der Waals surface area contributed by atoms with Gasteiger partial charge in [-0.25, -0.2) is 0 Å². The lowest BCUT2D eigenvalue weighted by Crippen LogP contribution is -2.25. The predicted molar refractivity (Wildman–Crippen MR) is 103 cm³/mol. The lowest BCUT2D eigenvalue weighted by Gasteiger charge is -2.08. The van der Waals surface area contributed by atoms with Gasteiger partial charge >= 0.3 is 0 Å². The Labute approximate surface area is 155 Å². The molecule has 1 saturated heterocycles. The molecule has 2 N–H and O–H groups in total. The van der Waals surface area contributed by atoms with Crippen molar-refractivity contribution in [3.8, 4) is 5.75 Å². The lowest BCUT2D eigenvalue weighted by molar-refractivity contribution is -0.118. The second-order valence-electron chi connectivity index (χ2n) is 6.21. The molecule has 1 fully saturated rings. The van der Waals surface area contributed by atoms with Crippen molar-refractivity contribution in [2.45, 2.75) is 18.1 Å². The van der Waals surface area contributed by atoms with Crippen LogP contribution in [0, 0.1) is 0 Å². The first-order valence-electron chi connectivity index (χ1n) is 8.47. The van der Waals surface area contributed by atoms with Crippen molar-refractivity contribution in [3.63, 3.8) is 0 Å². The number of carbonyl (C=O) groups is 2. The molecule has 0 aliphatic carbocycles. The summed E-state index contributed by atoms with van der Waals surface area (Å²) in [7, 11) is 0. The van der Waals surface area contributed by atoms with Crippen LogP contribution in [-0.4, -0.2) is 28.0 Å². The highest BCUT2D eigenvalue weighted by atomic mass is 32.2. The van der Waals surface area contributed by atoms with Crippen LogP contribution >= 0.6 is 11.8 Å². The van der Waals surface area contributed by atoms with E-state index < -0.39 is 0 Å². The number of fused-ring (bicyclic) bond motifs is 1. The van der Waals surface area contributed by atoms with Crippen molar-refractivity contribution >= 4 is 33.8 Å². The number of rotatable bonds is 6. The number of benzene rings is 2. The van der Waals surface area contributed by atoms with Gasteiger partial charge in [0.05, 0.1) is 11.9 Å². The minimum absolute atomic E-state index is 0.210. The van der Waals surface area contributed by atoms with Gasteiger partial charge < -0.3 is 9.72 Å². The Morgan fingerprint density at radius 2 is 1.85 bits per heavy atom. The van der Waals surface area contributed by atoms with Gasteiger partial charge in [0.15, 0.2) is 0 Å². The number of para-hydroxylation sites is 1. The van der Waals surface area contributed by atoms with Gasteiger partial charge in [0.25, 0.3) is 5.24 Å². The van der Waals surface area contributed by atoms with E-state index in [2.05, 4.69) is 28.5 Å². The first-order valence-corrected chi connectivity index (χ1v) is 9.35. The quantitative estimate of drug-likeness (QED) is 0.698. The van der Waals surface area contributed by atoms with Crippen molar-refractivity contribution in [1.29, 1.82) is 0 Å². The maximum absolute atomic E-state index is 11.6. The fraction of sp³-hybridized carbons (Fsp3) is 0.200. The molecular formula is C20H18N2O3S. The van der Waals surface area contributed by atoms with E-state index in [9.17, 15) is 9.59 Å². The van der Waals surface area contributed by atoms with Crippen molar-refractivity contribution in [3.05, 3.63) is 65.9 Å². The standard InChI is InChI=1S/C20H18N2O3S/c23-19-18(26-20(24)22-19)11-13-5-7-16(8-6-13)25-10-9-15-12-14-3-1-2-4-17(14)21-15/h1-8,12,18,21H,9-11H2,(H,22,23,24). The molecule has 2 heterocycles. The summed E-state index contributed by atoms with van der Waals surface area (Å²) < 4.78 is 5.81. The third kappa shape index (κ3) is 3.75. The van der Waals surface area contributed by atoms with E-state index in [1.807, 2.05) is 36.4 Å². The van der Waals surface area contributed by atoms with Gasteiger partial charge in [-0.15, -0.1) is 0 Å². The fourth-order valence-electron chi connectivity index (χ4n) is 3.01. The molecular weight excluding hydrogens is 348 g/mol. The monoisotopic (exact) mass is 366 g/mol. The van der Waals surface area contributed by atoms with Crippen LogP contribution in [0.4, 0.5) is 4.79 Å². The summed E-state index contributed by atoms with van der Waals surface area (Å²) in [4.78, 5) is 26.2. The Balaban J connectivity index is 1.30. The molecule has 0 bridgehead atoms. The zero-order valence-corrected chi connectivity index (χ0v) is 14.8. The molecule has 1 aliphatic rings. The molecule has 26 heavy (non-hydrogen) atoms. The maximum atomic E-state index is 11.6. The zero-order valence-electron chi connectivity index (χ0n) is 14.0. The van der Waals surface area contributed by atoms with Gasteiger partial charge in [-0.3, -0.25) is 14.9 Å². The maximum Gasteiger partial charge on any atom is 0.286 e. The number of aromatic nitrogens is 1. The molecule has 0 saturated carbocycles. The molecule has 132 valence electrons. The average molecular weight is 366 g/mol. The van der Waals surface area contributed by atoms with Gasteiger partial charge in [0.1, 0.15) is 5.75 Å². The first kappa shape index (κ1) is 16.7. The number of amides is 2. The topological polar surface area (TPSA) is 71.2 Å². The van der Waals surface area contributed by atoms with Crippen LogP contribution in [0.15, 0.2) is 54.6 Å². The van der Waals surface area contributed by atoms with Crippen LogP contribution in [-0.2, 0) is 17.6 Å². The van der Waals surface area contributed by atoms with E-state index in [0.29, 0.717) is 13.0 Å². The molecule has 1 aliphatic heterocycles. The summed E-state index contributed by atoms with van der Waals surface area (Å²) >= 11 is 1.05. The van der Waals surface area contributed by atoms with Gasteiger partial charge in [0, 0.05) is 17.6 Å². The highest BCUT2D eigenvalue weighted by molar-refractivity contribution is 8.15. The molecule has 0 radical (unpaired) electrons. The van der Waals surface area contributed by atoms with E-state index in [1.54, 1.807) is 0 Å². The number of nitrogens with one attached hydrogen (secondary N) is 2. The number of H-pyrrole nitrogens is 1. The third-order valence-corrected chi connectivity index (χ3v) is 5.32. The van der Waals surface area contributed by atoms with Crippen molar-refractivity contribution in [2.24, 2.45) is 0 Å². The molecule has 2 aromatic carbocycles. The molecule has 4 rings (SSSR count). The first-order chi connectivity index (χ1) is 12.7. The SMILES string of the molecule is O=C1NC(=O)C(Cc2ccc(OCCc3cc4ccccc4[nH]3)cc2)S1. The Hall–Kier alpha value is -2.73. The summed E-state index contributed by atoms with van der Waals surface area (Å²) in [5, 5.41) is 2.91. The Bertz CT molecular complexity index is 916. The van der Waals surface area contributed by atoms with E-state index in [4.69, 9.17) is 4.74 Å². The van der Waals surface area contributed by atoms with E-state index >= 15 is 0 Å².